The highest BCUT2D eigenvalue weighted by atomic mass is 31.2. The lowest BCUT2D eigenvalue weighted by Gasteiger charge is -2.25. The fourth-order valence-corrected chi connectivity index (χ4v) is 4.52. The van der Waals surface area contributed by atoms with E-state index in [4.69, 9.17) is 9.47 Å². The van der Waals surface area contributed by atoms with Crippen LogP contribution in [0.25, 0.3) is 0 Å². The van der Waals surface area contributed by atoms with Crippen LogP contribution in [-0.2, 0) is 14.0 Å². The lowest BCUT2D eigenvalue weighted by atomic mass is 10.0. The van der Waals surface area contributed by atoms with Crippen LogP contribution >= 0.6 is 7.60 Å². The molecular formula is C26H55NO5P+. The standard InChI is InChI=1S/C26H54NO5P/c1-6-7-8-9-10-11-12-13-14-15-16-17-18-19-22-32-24-25(31-5)23-26(33(28,29)30)20-21-27(2,3)4/h23,25H,6-22,24H2,1-5H3,(H-,28,29,30)/p+1/t25-/m0/s1. The molecule has 0 fully saturated rings. The number of rotatable bonds is 23. The average molecular weight is 493 g/mol. The van der Waals surface area contributed by atoms with E-state index in [1.807, 2.05) is 21.1 Å². The second kappa shape index (κ2) is 20.0. The van der Waals surface area contributed by atoms with Crippen LogP contribution in [0.15, 0.2) is 11.4 Å². The van der Waals surface area contributed by atoms with Crippen molar-refractivity contribution in [1.82, 2.24) is 0 Å². The Bertz CT molecular complexity index is 527. The van der Waals surface area contributed by atoms with Crippen molar-refractivity contribution in [3.63, 3.8) is 0 Å². The number of hydrogen-bond acceptors (Lipinski definition) is 3. The first-order chi connectivity index (χ1) is 15.6. The molecule has 0 saturated heterocycles. The molecule has 0 aliphatic heterocycles. The van der Waals surface area contributed by atoms with Crippen molar-refractivity contribution in [2.75, 3.05) is 48.0 Å². The van der Waals surface area contributed by atoms with Gasteiger partial charge in [-0.05, 0) is 12.5 Å². The summed E-state index contributed by atoms with van der Waals surface area (Å²) < 4.78 is 23.6. The van der Waals surface area contributed by atoms with Gasteiger partial charge in [0.05, 0.1) is 40.4 Å². The molecule has 6 nitrogen and oxygen atoms in total. The highest BCUT2D eigenvalue weighted by Gasteiger charge is 2.24. The van der Waals surface area contributed by atoms with Crippen molar-refractivity contribution >= 4 is 7.60 Å². The van der Waals surface area contributed by atoms with Crippen LogP contribution in [0.4, 0.5) is 0 Å². The molecule has 0 aromatic rings. The summed E-state index contributed by atoms with van der Waals surface area (Å²) in [5.74, 6) is 0. The molecule has 33 heavy (non-hydrogen) atoms. The molecule has 0 saturated carbocycles. The molecule has 0 unspecified atom stereocenters. The summed E-state index contributed by atoms with van der Waals surface area (Å²) in [5.41, 5.74) is 0. The van der Waals surface area contributed by atoms with Gasteiger partial charge in [-0.25, -0.2) is 0 Å². The Morgan fingerprint density at radius 1 is 0.848 bits per heavy atom. The number of nitrogens with zero attached hydrogens (tertiary/aromatic N) is 1. The fraction of sp³-hybridized carbons (Fsp3) is 0.923. The number of methoxy groups -OCH3 is 1. The maximum absolute atomic E-state index is 11.8. The molecular weight excluding hydrogens is 437 g/mol. The second-order valence-electron chi connectivity index (χ2n) is 10.4. The van der Waals surface area contributed by atoms with Crippen LogP contribution in [0.2, 0.25) is 0 Å². The third kappa shape index (κ3) is 22.0. The molecule has 0 radical (unpaired) electrons. The molecule has 198 valence electrons. The van der Waals surface area contributed by atoms with Crippen LogP contribution in [0, 0.1) is 0 Å². The predicted octanol–water partition coefficient (Wildman–Crippen LogP) is 6.66. The minimum atomic E-state index is -4.29. The number of unbranched alkanes of at least 4 members (excludes halogenated alkanes) is 13. The van der Waals surface area contributed by atoms with Gasteiger partial charge in [0.1, 0.15) is 0 Å². The van der Waals surface area contributed by atoms with Gasteiger partial charge in [0.2, 0.25) is 0 Å². The van der Waals surface area contributed by atoms with Gasteiger partial charge >= 0.3 is 7.60 Å². The SMILES string of the molecule is CCCCCCCCCCCCCCCCOC[C@H](C=C(CC[N+](C)(C)C)P(=O)(O)O)OC. The molecule has 0 spiro atoms. The maximum Gasteiger partial charge on any atom is 0.352 e. The fourth-order valence-electron chi connectivity index (χ4n) is 3.77. The van der Waals surface area contributed by atoms with Gasteiger partial charge in [0.25, 0.3) is 0 Å². The summed E-state index contributed by atoms with van der Waals surface area (Å²) >= 11 is 0. The highest BCUT2D eigenvalue weighted by Crippen LogP contribution is 2.47. The topological polar surface area (TPSA) is 76.0 Å². The van der Waals surface area contributed by atoms with Crippen molar-refractivity contribution in [3.05, 3.63) is 11.4 Å². The molecule has 0 rings (SSSR count). The van der Waals surface area contributed by atoms with Gasteiger partial charge in [-0.2, -0.15) is 0 Å². The zero-order chi connectivity index (χ0) is 25.0. The van der Waals surface area contributed by atoms with E-state index in [9.17, 15) is 14.4 Å². The molecule has 0 aromatic carbocycles. The molecule has 0 amide bonds. The smallest absolute Gasteiger partial charge is 0.352 e. The number of hydrogen-bond donors (Lipinski definition) is 2. The first-order valence-electron chi connectivity index (χ1n) is 13.3. The molecule has 0 aliphatic rings. The van der Waals surface area contributed by atoms with Gasteiger partial charge < -0.3 is 23.7 Å². The number of ether oxygens (including phenoxy) is 2. The summed E-state index contributed by atoms with van der Waals surface area (Å²) in [7, 11) is 3.27. The Morgan fingerprint density at radius 3 is 1.70 bits per heavy atom. The minimum Gasteiger partial charge on any atom is -0.378 e. The van der Waals surface area contributed by atoms with E-state index in [0.717, 1.165) is 6.42 Å². The summed E-state index contributed by atoms with van der Waals surface area (Å²) in [6.45, 7) is 3.90. The van der Waals surface area contributed by atoms with Crippen molar-refractivity contribution in [2.24, 2.45) is 0 Å². The molecule has 7 heteroatoms. The van der Waals surface area contributed by atoms with Crippen molar-refractivity contribution in [3.8, 4) is 0 Å². The summed E-state index contributed by atoms with van der Waals surface area (Å²) in [6.07, 6.45) is 20.1. The Kier molecular flexibility index (Phi) is 19.9. The van der Waals surface area contributed by atoms with E-state index in [1.165, 1.54) is 83.5 Å². The van der Waals surface area contributed by atoms with E-state index in [2.05, 4.69) is 6.92 Å². The van der Waals surface area contributed by atoms with Crippen LogP contribution in [0.5, 0.6) is 0 Å². The average Bonchev–Trinajstić information content (AvgIpc) is 2.73. The molecule has 2 N–H and O–H groups in total. The van der Waals surface area contributed by atoms with E-state index >= 15 is 0 Å². The molecule has 0 heterocycles. The molecule has 0 aromatic heterocycles. The first-order valence-corrected chi connectivity index (χ1v) is 14.9. The first kappa shape index (κ1) is 32.8. The van der Waals surface area contributed by atoms with E-state index < -0.39 is 13.7 Å². The Hall–Kier alpha value is -0.230. The van der Waals surface area contributed by atoms with Crippen LogP contribution in [0.3, 0.4) is 0 Å². The predicted molar refractivity (Wildman–Crippen MR) is 140 cm³/mol. The van der Waals surface area contributed by atoms with Gasteiger partial charge in [-0.3, -0.25) is 4.57 Å². The Balaban J connectivity index is 3.84. The second-order valence-corrected chi connectivity index (χ2v) is 12.1. The van der Waals surface area contributed by atoms with Gasteiger partial charge in [0.15, 0.2) is 0 Å². The maximum atomic E-state index is 11.8. The summed E-state index contributed by atoms with van der Waals surface area (Å²) in [4.78, 5) is 19.3. The Morgan fingerprint density at radius 2 is 1.30 bits per heavy atom. The largest absolute Gasteiger partial charge is 0.378 e. The Labute approximate surface area is 204 Å². The van der Waals surface area contributed by atoms with Gasteiger partial charge in [0, 0.05) is 25.5 Å². The summed E-state index contributed by atoms with van der Waals surface area (Å²) in [5, 5.41) is 0.141. The van der Waals surface area contributed by atoms with E-state index in [-0.39, 0.29) is 5.31 Å². The van der Waals surface area contributed by atoms with Crippen molar-refractivity contribution < 1.29 is 28.3 Å². The van der Waals surface area contributed by atoms with E-state index in [1.54, 1.807) is 13.2 Å². The molecule has 1 atom stereocenters. The quantitative estimate of drug-likeness (QED) is 0.0948. The van der Waals surface area contributed by atoms with Crippen molar-refractivity contribution in [1.29, 1.82) is 0 Å². The zero-order valence-corrected chi connectivity index (χ0v) is 23.3. The lowest BCUT2D eigenvalue weighted by Crippen LogP contribution is -2.35. The van der Waals surface area contributed by atoms with E-state index in [0.29, 0.717) is 30.7 Å². The van der Waals surface area contributed by atoms with Crippen LogP contribution < -0.4 is 0 Å². The van der Waals surface area contributed by atoms with Crippen LogP contribution in [-0.4, -0.2) is 68.4 Å². The van der Waals surface area contributed by atoms with Crippen molar-refractivity contribution in [2.45, 2.75) is 109 Å². The molecule has 0 bridgehead atoms. The number of quaternary nitrogens is 1. The zero-order valence-electron chi connectivity index (χ0n) is 22.4. The normalized spacial score (nSPS) is 14.1. The minimum absolute atomic E-state index is 0.141. The molecule has 0 aliphatic carbocycles. The van der Waals surface area contributed by atoms with Gasteiger partial charge in [-0.15, -0.1) is 0 Å². The third-order valence-corrected chi connectivity index (χ3v) is 7.14. The summed E-state index contributed by atoms with van der Waals surface area (Å²) in [6, 6.07) is 0. The lowest BCUT2D eigenvalue weighted by molar-refractivity contribution is -0.870. The monoisotopic (exact) mass is 492 g/mol. The highest BCUT2D eigenvalue weighted by molar-refractivity contribution is 7.56. The van der Waals surface area contributed by atoms with Gasteiger partial charge in [-0.1, -0.05) is 90.4 Å². The third-order valence-electron chi connectivity index (χ3n) is 6.02. The van der Waals surface area contributed by atoms with Crippen LogP contribution in [0.1, 0.15) is 103 Å².